The zero-order valence-electron chi connectivity index (χ0n) is 21.1. The summed E-state index contributed by atoms with van der Waals surface area (Å²) in [5, 5.41) is 6.66. The van der Waals surface area contributed by atoms with Crippen molar-refractivity contribution in [1.29, 1.82) is 0 Å². The number of nitrogens with two attached hydrogens (primary N) is 1. The molecule has 0 aliphatic heterocycles. The summed E-state index contributed by atoms with van der Waals surface area (Å²) in [6, 6.07) is 27.1. The van der Waals surface area contributed by atoms with Crippen molar-refractivity contribution in [3.63, 3.8) is 0 Å². The molecule has 1 unspecified atom stereocenters. The molecule has 1 saturated carbocycles. The fourth-order valence-electron chi connectivity index (χ4n) is 5.20. The zero-order valence-corrected chi connectivity index (χ0v) is 21.1. The van der Waals surface area contributed by atoms with Gasteiger partial charge in [0.15, 0.2) is 0 Å². The highest BCUT2D eigenvalue weighted by Crippen LogP contribution is 2.31. The number of carbonyl (C=O) groups excluding carboxylic acids is 1. The summed E-state index contributed by atoms with van der Waals surface area (Å²) in [6.07, 6.45) is 8.18. The van der Waals surface area contributed by atoms with Gasteiger partial charge in [0.05, 0.1) is 6.04 Å². The van der Waals surface area contributed by atoms with Crippen LogP contribution in [0.2, 0.25) is 0 Å². The van der Waals surface area contributed by atoms with E-state index in [0.717, 1.165) is 61.0 Å². The number of H-pyrrole nitrogens is 1. The van der Waals surface area contributed by atoms with Crippen LogP contribution < -0.4 is 16.4 Å². The van der Waals surface area contributed by atoms with Gasteiger partial charge >= 0.3 is 0 Å². The smallest absolute Gasteiger partial charge is 0.223 e. The van der Waals surface area contributed by atoms with E-state index < -0.39 is 0 Å². The molecule has 1 atom stereocenters. The molecule has 190 valence electrons. The second-order valence-corrected chi connectivity index (χ2v) is 9.97. The van der Waals surface area contributed by atoms with Crippen molar-refractivity contribution in [2.24, 2.45) is 17.6 Å². The lowest BCUT2D eigenvalue weighted by Gasteiger charge is -2.29. The Morgan fingerprint density at radius 1 is 0.946 bits per heavy atom. The maximum atomic E-state index is 13.3. The van der Waals surface area contributed by atoms with Crippen molar-refractivity contribution >= 4 is 17.5 Å². The van der Waals surface area contributed by atoms with E-state index in [1.807, 2.05) is 18.2 Å². The molecular formula is C31H35N5O. The fraction of sp³-hybridized carbons (Fsp3) is 0.290. The summed E-state index contributed by atoms with van der Waals surface area (Å²) in [4.78, 5) is 20.6. The van der Waals surface area contributed by atoms with Crippen molar-refractivity contribution in [3.8, 4) is 11.1 Å². The van der Waals surface area contributed by atoms with E-state index in [-0.39, 0.29) is 17.9 Å². The molecule has 4 aromatic rings. The van der Waals surface area contributed by atoms with Gasteiger partial charge in [-0.1, -0.05) is 60.7 Å². The Kier molecular flexibility index (Phi) is 7.96. The molecule has 0 radical (unpaired) electrons. The Bertz CT molecular complexity index is 1260. The third-order valence-electron chi connectivity index (χ3n) is 7.42. The average molecular weight is 494 g/mol. The van der Waals surface area contributed by atoms with Crippen LogP contribution in [0.5, 0.6) is 0 Å². The van der Waals surface area contributed by atoms with Gasteiger partial charge in [0.2, 0.25) is 11.9 Å². The number of imidazole rings is 1. The van der Waals surface area contributed by atoms with Crippen LogP contribution in [0.1, 0.15) is 42.9 Å². The predicted octanol–water partition coefficient (Wildman–Crippen LogP) is 5.99. The van der Waals surface area contributed by atoms with Gasteiger partial charge in [-0.05, 0) is 85.0 Å². The van der Waals surface area contributed by atoms with E-state index in [4.69, 9.17) is 5.73 Å². The molecule has 1 fully saturated rings. The van der Waals surface area contributed by atoms with Crippen molar-refractivity contribution < 1.29 is 4.79 Å². The van der Waals surface area contributed by atoms with E-state index in [1.54, 1.807) is 12.4 Å². The van der Waals surface area contributed by atoms with E-state index in [9.17, 15) is 4.79 Å². The number of nitrogens with zero attached hydrogens (tertiary/aromatic N) is 1. The molecular weight excluding hydrogens is 458 g/mol. The number of hydrogen-bond acceptors (Lipinski definition) is 4. The third kappa shape index (κ3) is 6.46. The summed E-state index contributed by atoms with van der Waals surface area (Å²) in [6.45, 7) is 0.720. The van der Waals surface area contributed by atoms with Gasteiger partial charge in [-0.15, -0.1) is 0 Å². The highest BCUT2D eigenvalue weighted by molar-refractivity contribution is 5.79. The van der Waals surface area contributed by atoms with Crippen LogP contribution in [0.4, 0.5) is 11.6 Å². The van der Waals surface area contributed by atoms with Crippen LogP contribution in [-0.4, -0.2) is 22.4 Å². The normalized spacial score (nSPS) is 18.2. The summed E-state index contributed by atoms with van der Waals surface area (Å²) >= 11 is 0. The van der Waals surface area contributed by atoms with Gasteiger partial charge in [-0.25, -0.2) is 4.98 Å². The maximum absolute atomic E-state index is 13.3. The van der Waals surface area contributed by atoms with E-state index in [1.165, 1.54) is 5.56 Å². The first-order valence-electron chi connectivity index (χ1n) is 13.2. The first-order chi connectivity index (χ1) is 18.2. The van der Waals surface area contributed by atoms with E-state index in [0.29, 0.717) is 11.9 Å². The largest absolute Gasteiger partial charge is 0.349 e. The number of carbonyl (C=O) groups is 1. The summed E-state index contributed by atoms with van der Waals surface area (Å²) in [5.74, 6) is 1.50. The molecule has 5 N–H and O–H groups in total. The first kappa shape index (κ1) is 24.8. The highest BCUT2D eigenvalue weighted by atomic mass is 16.1. The molecule has 1 aromatic heterocycles. The maximum Gasteiger partial charge on any atom is 0.223 e. The second-order valence-electron chi connectivity index (χ2n) is 9.97. The van der Waals surface area contributed by atoms with Gasteiger partial charge in [0, 0.05) is 24.0 Å². The lowest BCUT2D eigenvalue weighted by Crippen LogP contribution is -2.37. The molecule has 0 saturated heterocycles. The molecule has 1 aliphatic carbocycles. The van der Waals surface area contributed by atoms with E-state index >= 15 is 0 Å². The Morgan fingerprint density at radius 2 is 1.73 bits per heavy atom. The summed E-state index contributed by atoms with van der Waals surface area (Å²) < 4.78 is 0. The van der Waals surface area contributed by atoms with Gasteiger partial charge in [0.25, 0.3) is 0 Å². The summed E-state index contributed by atoms with van der Waals surface area (Å²) in [5.41, 5.74) is 11.4. The molecule has 5 rings (SSSR count). The SMILES string of the molecule is NCC1CCC(C(=O)NC(Cc2ccccc2)c2cccc(-c3ccc(Nc4ncc[nH]4)cc3)c2)CC1. The minimum absolute atomic E-state index is 0.0680. The molecule has 37 heavy (non-hydrogen) atoms. The minimum Gasteiger partial charge on any atom is -0.349 e. The molecule has 0 bridgehead atoms. The number of nitrogens with one attached hydrogen (secondary N) is 3. The Morgan fingerprint density at radius 3 is 2.43 bits per heavy atom. The van der Waals surface area contributed by atoms with Crippen molar-refractivity contribution in [2.45, 2.75) is 38.1 Å². The number of aromatic nitrogens is 2. The second kappa shape index (κ2) is 11.9. The quantitative estimate of drug-likeness (QED) is 0.230. The number of aromatic amines is 1. The Balaban J connectivity index is 1.34. The number of anilines is 2. The molecule has 3 aromatic carbocycles. The van der Waals surface area contributed by atoms with Crippen molar-refractivity contribution in [1.82, 2.24) is 15.3 Å². The minimum atomic E-state index is -0.0954. The lowest BCUT2D eigenvalue weighted by atomic mass is 9.81. The first-order valence-corrected chi connectivity index (χ1v) is 13.2. The van der Waals surface area contributed by atoms with Crippen LogP contribution in [-0.2, 0) is 11.2 Å². The number of benzene rings is 3. The van der Waals surface area contributed by atoms with Gasteiger partial charge in [0.1, 0.15) is 0 Å². The molecule has 1 amide bonds. The fourth-order valence-corrected chi connectivity index (χ4v) is 5.20. The predicted molar refractivity (Wildman–Crippen MR) is 149 cm³/mol. The standard InChI is InChI=1S/C31H35N5O/c32-21-23-9-11-25(12-10-23)30(37)36-29(19-22-5-2-1-3-6-22)27-8-4-7-26(20-27)24-13-15-28(16-14-24)35-31-33-17-18-34-31/h1-8,13-18,20,23,25,29H,9-12,19,21,32H2,(H,36,37)(H2,33,34,35). The van der Waals surface area contributed by atoms with Crippen LogP contribution in [0.15, 0.2) is 91.3 Å². The molecule has 6 heteroatoms. The average Bonchev–Trinajstić information content (AvgIpc) is 3.47. The summed E-state index contributed by atoms with van der Waals surface area (Å²) in [7, 11) is 0. The highest BCUT2D eigenvalue weighted by Gasteiger charge is 2.27. The number of rotatable bonds is 9. The Labute approximate surface area is 218 Å². The molecule has 6 nitrogen and oxygen atoms in total. The van der Waals surface area contributed by atoms with E-state index in [2.05, 4.69) is 81.3 Å². The van der Waals surface area contributed by atoms with Gasteiger partial charge in [-0.2, -0.15) is 0 Å². The van der Waals surface area contributed by atoms with Crippen LogP contribution >= 0.6 is 0 Å². The molecule has 0 spiro atoms. The topological polar surface area (TPSA) is 95.8 Å². The zero-order chi connectivity index (χ0) is 25.5. The Hall–Kier alpha value is -3.90. The molecule has 1 aliphatic rings. The monoisotopic (exact) mass is 493 g/mol. The number of amides is 1. The number of hydrogen-bond donors (Lipinski definition) is 4. The lowest BCUT2D eigenvalue weighted by molar-refractivity contribution is -0.127. The van der Waals surface area contributed by atoms with Crippen LogP contribution in [0.3, 0.4) is 0 Å². The van der Waals surface area contributed by atoms with Crippen LogP contribution in [0, 0.1) is 11.8 Å². The molecule has 1 heterocycles. The van der Waals surface area contributed by atoms with Crippen LogP contribution in [0.25, 0.3) is 11.1 Å². The van der Waals surface area contributed by atoms with Crippen molar-refractivity contribution in [2.75, 3.05) is 11.9 Å². The van der Waals surface area contributed by atoms with Gasteiger partial charge in [-0.3, -0.25) is 4.79 Å². The third-order valence-corrected chi connectivity index (χ3v) is 7.42. The van der Waals surface area contributed by atoms with Crippen molar-refractivity contribution in [3.05, 3.63) is 102 Å². The van der Waals surface area contributed by atoms with Gasteiger partial charge < -0.3 is 21.4 Å².